The van der Waals surface area contributed by atoms with Crippen LogP contribution in [0.25, 0.3) is 0 Å². The average molecular weight is 311 g/mol. The van der Waals surface area contributed by atoms with Gasteiger partial charge in [-0.25, -0.2) is 0 Å². The fraction of sp³-hybridized carbons (Fsp3) is 0.533. The molecule has 20 heavy (non-hydrogen) atoms. The van der Waals surface area contributed by atoms with E-state index in [4.69, 9.17) is 29.6 Å². The van der Waals surface area contributed by atoms with Crippen molar-refractivity contribution in [2.24, 2.45) is 17.6 Å². The SMILES string of the molecule is NC(=S)c1ccc(CN2CC3CCC(O)C3C2)c(Cl)c1. The number of hydrogen-bond acceptors (Lipinski definition) is 3. The predicted octanol–water partition coefficient (Wildman–Crippen LogP) is 2.18. The van der Waals surface area contributed by atoms with Gasteiger partial charge in [0.05, 0.1) is 6.10 Å². The van der Waals surface area contributed by atoms with Gasteiger partial charge in [-0.15, -0.1) is 0 Å². The van der Waals surface area contributed by atoms with E-state index in [0.29, 0.717) is 21.8 Å². The summed E-state index contributed by atoms with van der Waals surface area (Å²) in [5, 5.41) is 10.7. The van der Waals surface area contributed by atoms with Crippen molar-refractivity contribution >= 4 is 28.8 Å². The first-order valence-corrected chi connectivity index (χ1v) is 7.82. The highest BCUT2D eigenvalue weighted by Gasteiger charge is 2.41. The fourth-order valence-electron chi connectivity index (χ4n) is 3.53. The quantitative estimate of drug-likeness (QED) is 0.840. The van der Waals surface area contributed by atoms with E-state index in [0.717, 1.165) is 43.6 Å². The van der Waals surface area contributed by atoms with Gasteiger partial charge in [0.25, 0.3) is 0 Å². The fourth-order valence-corrected chi connectivity index (χ4v) is 3.89. The summed E-state index contributed by atoms with van der Waals surface area (Å²) in [6.45, 7) is 2.87. The van der Waals surface area contributed by atoms with Crippen LogP contribution in [0.3, 0.4) is 0 Å². The standard InChI is InChI=1S/C15H19ClN2OS/c16-13-5-9(15(17)20)1-2-11(13)7-18-6-10-3-4-14(19)12(10)8-18/h1-2,5,10,12,14,19H,3-4,6-8H2,(H2,17,20). The highest BCUT2D eigenvalue weighted by atomic mass is 35.5. The predicted molar refractivity (Wildman–Crippen MR) is 84.8 cm³/mol. The van der Waals surface area contributed by atoms with E-state index in [1.807, 2.05) is 18.2 Å². The second-order valence-electron chi connectivity index (χ2n) is 5.93. The minimum Gasteiger partial charge on any atom is -0.393 e. The van der Waals surface area contributed by atoms with Crippen LogP contribution < -0.4 is 5.73 Å². The molecule has 0 aromatic heterocycles. The summed E-state index contributed by atoms with van der Waals surface area (Å²) in [5.41, 5.74) is 7.51. The molecule has 3 nitrogen and oxygen atoms in total. The van der Waals surface area contributed by atoms with Crippen molar-refractivity contribution < 1.29 is 5.11 Å². The maximum absolute atomic E-state index is 9.95. The van der Waals surface area contributed by atoms with E-state index < -0.39 is 0 Å². The molecule has 0 spiro atoms. The van der Waals surface area contributed by atoms with Crippen LogP contribution in [0.4, 0.5) is 0 Å². The maximum Gasteiger partial charge on any atom is 0.104 e. The Morgan fingerprint density at radius 1 is 1.40 bits per heavy atom. The number of nitrogens with zero attached hydrogens (tertiary/aromatic N) is 1. The van der Waals surface area contributed by atoms with Crippen molar-refractivity contribution in [1.29, 1.82) is 0 Å². The Balaban J connectivity index is 1.68. The number of hydrogen-bond donors (Lipinski definition) is 2. The topological polar surface area (TPSA) is 49.5 Å². The van der Waals surface area contributed by atoms with E-state index in [-0.39, 0.29) is 6.10 Å². The maximum atomic E-state index is 9.95. The minimum absolute atomic E-state index is 0.113. The monoisotopic (exact) mass is 310 g/mol. The number of halogens is 1. The number of fused-ring (bicyclic) bond motifs is 1. The van der Waals surface area contributed by atoms with Crippen molar-refractivity contribution in [3.05, 3.63) is 34.3 Å². The van der Waals surface area contributed by atoms with Crippen molar-refractivity contribution in [1.82, 2.24) is 4.90 Å². The highest BCUT2D eigenvalue weighted by Crippen LogP contribution is 2.38. The molecule has 1 aliphatic heterocycles. The van der Waals surface area contributed by atoms with E-state index >= 15 is 0 Å². The molecular weight excluding hydrogens is 292 g/mol. The lowest BCUT2D eigenvalue weighted by atomic mass is 10.00. The summed E-state index contributed by atoms with van der Waals surface area (Å²) in [5.74, 6) is 1.10. The summed E-state index contributed by atoms with van der Waals surface area (Å²) >= 11 is 11.3. The number of benzene rings is 1. The summed E-state index contributed by atoms with van der Waals surface area (Å²) in [6, 6.07) is 5.77. The Bertz CT molecular complexity index is 537. The molecular formula is C15H19ClN2OS. The van der Waals surface area contributed by atoms with Gasteiger partial charge in [-0.3, -0.25) is 4.90 Å². The molecule has 1 saturated carbocycles. The third-order valence-electron chi connectivity index (χ3n) is 4.63. The summed E-state index contributed by atoms with van der Waals surface area (Å²) in [6.07, 6.45) is 2.00. The van der Waals surface area contributed by atoms with Crippen LogP contribution >= 0.6 is 23.8 Å². The Labute approximate surface area is 129 Å². The number of aliphatic hydroxyl groups is 1. The third-order valence-corrected chi connectivity index (χ3v) is 5.21. The van der Waals surface area contributed by atoms with Gasteiger partial charge in [0.2, 0.25) is 0 Å². The lowest BCUT2D eigenvalue weighted by molar-refractivity contribution is 0.123. The first kappa shape index (κ1) is 14.3. The van der Waals surface area contributed by atoms with Crippen LogP contribution in [0.2, 0.25) is 5.02 Å². The van der Waals surface area contributed by atoms with Crippen molar-refractivity contribution in [2.75, 3.05) is 13.1 Å². The second-order valence-corrected chi connectivity index (χ2v) is 6.78. The molecule has 108 valence electrons. The molecule has 0 amide bonds. The minimum atomic E-state index is -0.113. The van der Waals surface area contributed by atoms with Gasteiger partial charge in [0.15, 0.2) is 0 Å². The van der Waals surface area contributed by atoms with Crippen LogP contribution in [0.15, 0.2) is 18.2 Å². The molecule has 1 saturated heterocycles. The molecule has 3 N–H and O–H groups in total. The second kappa shape index (κ2) is 5.60. The van der Waals surface area contributed by atoms with Gasteiger partial charge in [0.1, 0.15) is 4.99 Å². The Morgan fingerprint density at radius 3 is 2.85 bits per heavy atom. The smallest absolute Gasteiger partial charge is 0.104 e. The van der Waals surface area contributed by atoms with E-state index in [2.05, 4.69) is 4.90 Å². The lowest BCUT2D eigenvalue weighted by Gasteiger charge is -2.19. The molecule has 0 bridgehead atoms. The van der Waals surface area contributed by atoms with Gasteiger partial charge in [0, 0.05) is 36.1 Å². The number of rotatable bonds is 3. The first-order valence-electron chi connectivity index (χ1n) is 7.03. The highest BCUT2D eigenvalue weighted by molar-refractivity contribution is 7.80. The molecule has 0 radical (unpaired) electrons. The molecule has 2 fully saturated rings. The Kier molecular flexibility index (Phi) is 4.00. The van der Waals surface area contributed by atoms with Crippen LogP contribution in [0, 0.1) is 11.8 Å². The van der Waals surface area contributed by atoms with Crippen molar-refractivity contribution in [3.63, 3.8) is 0 Å². The molecule has 3 unspecified atom stereocenters. The molecule has 1 aliphatic carbocycles. The zero-order valence-electron chi connectivity index (χ0n) is 11.3. The zero-order chi connectivity index (χ0) is 14.3. The average Bonchev–Trinajstić information content (AvgIpc) is 2.94. The summed E-state index contributed by atoms with van der Waals surface area (Å²) in [4.78, 5) is 2.76. The zero-order valence-corrected chi connectivity index (χ0v) is 12.8. The largest absolute Gasteiger partial charge is 0.393 e. The van der Waals surface area contributed by atoms with Gasteiger partial charge >= 0.3 is 0 Å². The molecule has 1 heterocycles. The number of thiocarbonyl (C=S) groups is 1. The summed E-state index contributed by atoms with van der Waals surface area (Å²) < 4.78 is 0. The molecule has 5 heteroatoms. The number of nitrogens with two attached hydrogens (primary N) is 1. The first-order chi connectivity index (χ1) is 9.54. The van der Waals surface area contributed by atoms with Gasteiger partial charge in [-0.1, -0.05) is 36.0 Å². The molecule has 2 aliphatic rings. The van der Waals surface area contributed by atoms with Gasteiger partial charge in [-0.05, 0) is 30.4 Å². The summed E-state index contributed by atoms with van der Waals surface area (Å²) in [7, 11) is 0. The molecule has 1 aromatic carbocycles. The molecule has 3 rings (SSSR count). The van der Waals surface area contributed by atoms with E-state index in [1.54, 1.807) is 0 Å². The van der Waals surface area contributed by atoms with Crippen LogP contribution in [-0.2, 0) is 6.54 Å². The molecule has 3 atom stereocenters. The van der Waals surface area contributed by atoms with E-state index in [1.165, 1.54) is 0 Å². The van der Waals surface area contributed by atoms with Gasteiger partial charge in [-0.2, -0.15) is 0 Å². The van der Waals surface area contributed by atoms with Crippen LogP contribution in [0.1, 0.15) is 24.0 Å². The number of aliphatic hydroxyl groups excluding tert-OH is 1. The van der Waals surface area contributed by atoms with Crippen molar-refractivity contribution in [3.8, 4) is 0 Å². The Morgan fingerprint density at radius 2 is 2.20 bits per heavy atom. The lowest BCUT2D eigenvalue weighted by Crippen LogP contribution is -2.24. The van der Waals surface area contributed by atoms with E-state index in [9.17, 15) is 5.11 Å². The van der Waals surface area contributed by atoms with Gasteiger partial charge < -0.3 is 10.8 Å². The third kappa shape index (κ3) is 2.70. The van der Waals surface area contributed by atoms with Crippen molar-refractivity contribution in [2.45, 2.75) is 25.5 Å². The van der Waals surface area contributed by atoms with Crippen LogP contribution in [-0.4, -0.2) is 34.2 Å². The number of likely N-dealkylation sites (tertiary alicyclic amines) is 1. The Hall–Kier alpha value is -0.680. The molecule has 1 aromatic rings. The normalized spacial score (nSPS) is 29.6. The van der Waals surface area contributed by atoms with Crippen LogP contribution in [0.5, 0.6) is 0 Å².